The average molecular weight is 224 g/mol. The number of hydrogen-bond donors (Lipinski definition) is 0. The van der Waals surface area contributed by atoms with E-state index in [4.69, 9.17) is 0 Å². The van der Waals surface area contributed by atoms with Gasteiger partial charge in [-0.25, -0.2) is 4.98 Å². The van der Waals surface area contributed by atoms with Crippen molar-refractivity contribution in [3.05, 3.63) is 53.6 Å². The van der Waals surface area contributed by atoms with Crippen LogP contribution < -0.4 is 0 Å². The zero-order chi connectivity index (χ0) is 12.1. The molecule has 2 aromatic rings. The molecule has 1 aromatic carbocycles. The van der Waals surface area contributed by atoms with E-state index < -0.39 is 0 Å². The van der Waals surface area contributed by atoms with E-state index >= 15 is 0 Å². The minimum Gasteiger partial charge on any atom is -0.327 e. The van der Waals surface area contributed by atoms with Crippen LogP contribution in [0.5, 0.6) is 0 Å². The third kappa shape index (κ3) is 2.76. The molecule has 0 aliphatic rings. The molecule has 0 bridgehead atoms. The first-order valence-corrected chi connectivity index (χ1v) is 5.87. The standard InChI is InChI=1S/C15H16N2/c1-3-6-13-7-4-5-8-14(13)9-10-15-11-16-12-17(15)2/h4-5,7-8,11-12H,3,6H2,1-2H3. The Morgan fingerprint density at radius 2 is 2.06 bits per heavy atom. The predicted molar refractivity (Wildman–Crippen MR) is 69.6 cm³/mol. The third-order valence-electron chi connectivity index (χ3n) is 2.68. The molecule has 0 radical (unpaired) electrons. The largest absolute Gasteiger partial charge is 0.327 e. The summed E-state index contributed by atoms with van der Waals surface area (Å²) in [5.41, 5.74) is 3.39. The topological polar surface area (TPSA) is 17.8 Å². The molecule has 0 aliphatic carbocycles. The molecule has 0 N–H and O–H groups in total. The van der Waals surface area contributed by atoms with Crippen molar-refractivity contribution >= 4 is 0 Å². The quantitative estimate of drug-likeness (QED) is 0.717. The SMILES string of the molecule is CCCc1ccccc1C#Cc1cncn1C. The fraction of sp³-hybridized carbons (Fsp3) is 0.267. The molecule has 0 amide bonds. The first-order valence-electron chi connectivity index (χ1n) is 5.87. The number of rotatable bonds is 2. The monoisotopic (exact) mass is 224 g/mol. The highest BCUT2D eigenvalue weighted by Crippen LogP contribution is 2.09. The third-order valence-corrected chi connectivity index (χ3v) is 2.68. The molecule has 0 atom stereocenters. The number of benzene rings is 1. The number of hydrogen-bond acceptors (Lipinski definition) is 1. The molecular weight excluding hydrogens is 208 g/mol. The maximum atomic E-state index is 4.05. The Labute approximate surface area is 102 Å². The lowest BCUT2D eigenvalue weighted by Crippen LogP contribution is -1.90. The van der Waals surface area contributed by atoms with Gasteiger partial charge in [0.1, 0.15) is 5.69 Å². The lowest BCUT2D eigenvalue weighted by Gasteiger charge is -2.01. The van der Waals surface area contributed by atoms with Crippen molar-refractivity contribution in [2.24, 2.45) is 7.05 Å². The number of nitrogens with zero attached hydrogens (tertiary/aromatic N) is 2. The van der Waals surface area contributed by atoms with E-state index in [9.17, 15) is 0 Å². The van der Waals surface area contributed by atoms with Crippen molar-refractivity contribution in [3.8, 4) is 11.8 Å². The summed E-state index contributed by atoms with van der Waals surface area (Å²) >= 11 is 0. The van der Waals surface area contributed by atoms with Crippen molar-refractivity contribution in [1.82, 2.24) is 9.55 Å². The van der Waals surface area contributed by atoms with Gasteiger partial charge in [0.05, 0.1) is 12.5 Å². The van der Waals surface area contributed by atoms with Gasteiger partial charge in [-0.3, -0.25) is 0 Å². The predicted octanol–water partition coefficient (Wildman–Crippen LogP) is 2.77. The molecule has 2 nitrogen and oxygen atoms in total. The Hall–Kier alpha value is -2.01. The van der Waals surface area contributed by atoms with Crippen LogP contribution in [0.3, 0.4) is 0 Å². The van der Waals surface area contributed by atoms with Gasteiger partial charge in [0.2, 0.25) is 0 Å². The van der Waals surface area contributed by atoms with Gasteiger partial charge >= 0.3 is 0 Å². The van der Waals surface area contributed by atoms with Crippen LogP contribution in [-0.2, 0) is 13.5 Å². The molecule has 1 heterocycles. The van der Waals surface area contributed by atoms with Gasteiger partial charge in [-0.05, 0) is 24.0 Å². The van der Waals surface area contributed by atoms with Gasteiger partial charge in [0.15, 0.2) is 0 Å². The van der Waals surface area contributed by atoms with Crippen LogP contribution in [0, 0.1) is 11.8 Å². The van der Waals surface area contributed by atoms with Crippen LogP contribution in [0.2, 0.25) is 0 Å². The first-order chi connectivity index (χ1) is 8.31. The lowest BCUT2D eigenvalue weighted by atomic mass is 10.0. The van der Waals surface area contributed by atoms with Crippen molar-refractivity contribution in [1.29, 1.82) is 0 Å². The molecule has 0 unspecified atom stereocenters. The fourth-order valence-electron chi connectivity index (χ4n) is 1.74. The smallest absolute Gasteiger partial charge is 0.112 e. The van der Waals surface area contributed by atoms with Crippen molar-refractivity contribution in [2.75, 3.05) is 0 Å². The van der Waals surface area contributed by atoms with Crippen LogP contribution >= 0.6 is 0 Å². The van der Waals surface area contributed by atoms with Gasteiger partial charge in [0.25, 0.3) is 0 Å². The maximum Gasteiger partial charge on any atom is 0.112 e. The van der Waals surface area contributed by atoms with Gasteiger partial charge in [-0.2, -0.15) is 0 Å². The molecule has 2 rings (SSSR count). The Balaban J connectivity index is 2.30. The first kappa shape index (κ1) is 11.5. The average Bonchev–Trinajstić information content (AvgIpc) is 2.74. The van der Waals surface area contributed by atoms with Crippen LogP contribution in [0.25, 0.3) is 0 Å². The molecule has 0 saturated heterocycles. The van der Waals surface area contributed by atoms with E-state index in [1.807, 2.05) is 17.7 Å². The molecule has 0 spiro atoms. The number of aryl methyl sites for hydroxylation is 2. The Morgan fingerprint density at radius 1 is 1.24 bits per heavy atom. The lowest BCUT2D eigenvalue weighted by molar-refractivity contribution is 0.899. The van der Waals surface area contributed by atoms with E-state index in [-0.39, 0.29) is 0 Å². The molecule has 1 aromatic heterocycles. The molecule has 2 heteroatoms. The highest BCUT2D eigenvalue weighted by atomic mass is 15.0. The van der Waals surface area contributed by atoms with Crippen LogP contribution in [0.15, 0.2) is 36.8 Å². The number of imidazole rings is 1. The Morgan fingerprint density at radius 3 is 2.76 bits per heavy atom. The van der Waals surface area contributed by atoms with Crippen molar-refractivity contribution < 1.29 is 0 Å². The van der Waals surface area contributed by atoms with E-state index in [1.54, 1.807) is 12.5 Å². The second kappa shape index (κ2) is 5.36. The van der Waals surface area contributed by atoms with Crippen molar-refractivity contribution in [2.45, 2.75) is 19.8 Å². The van der Waals surface area contributed by atoms with E-state index in [0.717, 1.165) is 24.1 Å². The highest BCUT2D eigenvalue weighted by Gasteiger charge is 1.97. The molecular formula is C15H16N2. The zero-order valence-corrected chi connectivity index (χ0v) is 10.3. The molecule has 0 saturated carbocycles. The Kier molecular flexibility index (Phi) is 3.62. The fourth-order valence-corrected chi connectivity index (χ4v) is 1.74. The molecule has 17 heavy (non-hydrogen) atoms. The second-order valence-electron chi connectivity index (χ2n) is 4.05. The summed E-state index contributed by atoms with van der Waals surface area (Å²) in [4.78, 5) is 4.05. The van der Waals surface area contributed by atoms with Crippen LogP contribution in [0.1, 0.15) is 30.2 Å². The summed E-state index contributed by atoms with van der Waals surface area (Å²) in [6, 6.07) is 8.33. The molecule has 0 aliphatic heterocycles. The summed E-state index contributed by atoms with van der Waals surface area (Å²) in [5, 5.41) is 0. The summed E-state index contributed by atoms with van der Waals surface area (Å²) in [6.07, 6.45) is 5.78. The maximum absolute atomic E-state index is 4.05. The minimum absolute atomic E-state index is 0.941. The molecule has 0 fully saturated rings. The van der Waals surface area contributed by atoms with E-state index in [1.165, 1.54) is 5.56 Å². The van der Waals surface area contributed by atoms with Gasteiger partial charge in [-0.15, -0.1) is 0 Å². The van der Waals surface area contributed by atoms with E-state index in [2.05, 4.69) is 41.9 Å². The van der Waals surface area contributed by atoms with Crippen LogP contribution in [-0.4, -0.2) is 9.55 Å². The van der Waals surface area contributed by atoms with Crippen LogP contribution in [0.4, 0.5) is 0 Å². The number of aromatic nitrogens is 2. The second-order valence-corrected chi connectivity index (χ2v) is 4.05. The normalized spacial score (nSPS) is 9.76. The highest BCUT2D eigenvalue weighted by molar-refractivity contribution is 5.44. The molecule has 86 valence electrons. The Bertz CT molecular complexity index is 556. The summed E-state index contributed by atoms with van der Waals surface area (Å²) in [6.45, 7) is 2.19. The zero-order valence-electron chi connectivity index (χ0n) is 10.3. The van der Waals surface area contributed by atoms with Gasteiger partial charge < -0.3 is 4.57 Å². The minimum atomic E-state index is 0.941. The van der Waals surface area contributed by atoms with Gasteiger partial charge in [0, 0.05) is 12.6 Å². The summed E-state index contributed by atoms with van der Waals surface area (Å²) in [7, 11) is 1.95. The van der Waals surface area contributed by atoms with Crippen molar-refractivity contribution in [3.63, 3.8) is 0 Å². The summed E-state index contributed by atoms with van der Waals surface area (Å²) in [5.74, 6) is 6.39. The van der Waals surface area contributed by atoms with Gasteiger partial charge in [-0.1, -0.05) is 37.5 Å². The van der Waals surface area contributed by atoms with E-state index in [0.29, 0.717) is 0 Å². The summed E-state index contributed by atoms with van der Waals surface area (Å²) < 4.78 is 1.93.